The topological polar surface area (TPSA) is 107 Å². The molecule has 138 valence electrons. The van der Waals surface area contributed by atoms with Gasteiger partial charge in [0, 0.05) is 12.6 Å². The summed E-state index contributed by atoms with van der Waals surface area (Å²) in [6, 6.07) is 10.9. The van der Waals surface area contributed by atoms with Crippen molar-refractivity contribution in [2.24, 2.45) is 0 Å². The first-order chi connectivity index (χ1) is 13.1. The highest BCUT2D eigenvalue weighted by atomic mass is 16.2. The van der Waals surface area contributed by atoms with Crippen molar-refractivity contribution in [3.63, 3.8) is 0 Å². The van der Waals surface area contributed by atoms with Gasteiger partial charge >= 0.3 is 0 Å². The normalized spacial score (nSPS) is 16.3. The van der Waals surface area contributed by atoms with Gasteiger partial charge in [-0.05, 0) is 18.9 Å². The average molecular weight is 365 g/mol. The van der Waals surface area contributed by atoms with Crippen molar-refractivity contribution in [2.75, 3.05) is 5.32 Å². The first-order valence-electron chi connectivity index (χ1n) is 8.68. The van der Waals surface area contributed by atoms with E-state index in [1.165, 1.54) is 6.33 Å². The average Bonchev–Trinajstić information content (AvgIpc) is 3.22. The number of carbonyl (C=O) groups excluding carboxylic acids is 2. The Balaban J connectivity index is 1.40. The number of nitrogens with one attached hydrogen (secondary N) is 2. The highest BCUT2D eigenvalue weighted by molar-refractivity contribution is 5.99. The third-order valence-electron chi connectivity index (χ3n) is 4.33. The van der Waals surface area contributed by atoms with Crippen LogP contribution in [0.2, 0.25) is 0 Å². The van der Waals surface area contributed by atoms with Crippen molar-refractivity contribution in [2.45, 2.75) is 32.5 Å². The van der Waals surface area contributed by atoms with Gasteiger partial charge in [-0.3, -0.25) is 9.59 Å². The molecule has 9 heteroatoms. The molecule has 2 amide bonds. The Morgan fingerprint density at radius 2 is 2.11 bits per heavy atom. The molecule has 3 heterocycles. The molecule has 3 aromatic rings. The maximum Gasteiger partial charge on any atom is 0.291 e. The van der Waals surface area contributed by atoms with Crippen molar-refractivity contribution in [1.29, 1.82) is 0 Å². The second-order valence-corrected chi connectivity index (χ2v) is 6.45. The van der Waals surface area contributed by atoms with Crippen LogP contribution in [0.5, 0.6) is 0 Å². The van der Waals surface area contributed by atoms with Crippen LogP contribution < -0.4 is 10.6 Å². The second-order valence-electron chi connectivity index (χ2n) is 6.45. The number of amides is 2. The van der Waals surface area contributed by atoms with Gasteiger partial charge in [-0.15, -0.1) is 5.10 Å². The van der Waals surface area contributed by atoms with Gasteiger partial charge in [0.25, 0.3) is 5.91 Å². The molecule has 2 aromatic heterocycles. The van der Waals surface area contributed by atoms with Gasteiger partial charge in [0.15, 0.2) is 0 Å². The van der Waals surface area contributed by atoms with Crippen LogP contribution >= 0.6 is 0 Å². The lowest BCUT2D eigenvalue weighted by Crippen LogP contribution is -2.43. The van der Waals surface area contributed by atoms with Gasteiger partial charge in [0.05, 0.1) is 12.2 Å². The number of hydrogen-bond acceptors (Lipinski definition) is 5. The van der Waals surface area contributed by atoms with Crippen molar-refractivity contribution in [1.82, 2.24) is 29.9 Å². The maximum atomic E-state index is 12.4. The Kier molecular flexibility index (Phi) is 4.41. The lowest BCUT2D eigenvalue weighted by Gasteiger charge is -2.13. The van der Waals surface area contributed by atoms with E-state index in [0.717, 1.165) is 11.3 Å². The lowest BCUT2D eigenvalue weighted by atomic mass is 10.2. The van der Waals surface area contributed by atoms with Gasteiger partial charge < -0.3 is 10.6 Å². The number of benzene rings is 1. The minimum atomic E-state index is -0.666. The Morgan fingerprint density at radius 3 is 2.93 bits per heavy atom. The number of aryl methyl sites for hydroxylation is 2. The Labute approximate surface area is 155 Å². The molecule has 1 aliphatic heterocycles. The summed E-state index contributed by atoms with van der Waals surface area (Å²) < 4.78 is 3.32. The van der Waals surface area contributed by atoms with Crippen molar-refractivity contribution in [3.05, 3.63) is 59.8 Å². The monoisotopic (exact) mass is 365 g/mol. The van der Waals surface area contributed by atoms with Crippen molar-refractivity contribution >= 4 is 17.6 Å². The molecule has 0 aliphatic carbocycles. The molecule has 0 fully saturated rings. The zero-order valence-electron chi connectivity index (χ0n) is 14.8. The van der Waals surface area contributed by atoms with E-state index < -0.39 is 11.9 Å². The third-order valence-corrected chi connectivity index (χ3v) is 4.33. The third kappa shape index (κ3) is 3.71. The Bertz CT molecular complexity index is 977. The summed E-state index contributed by atoms with van der Waals surface area (Å²) in [5, 5.41) is 14.0. The predicted molar refractivity (Wildman–Crippen MR) is 97.0 cm³/mol. The Hall–Kier alpha value is -3.49. The quantitative estimate of drug-likeness (QED) is 0.717. The summed E-state index contributed by atoms with van der Waals surface area (Å²) in [5.74, 6) is -0.0699. The number of carbonyl (C=O) groups is 2. The van der Waals surface area contributed by atoms with Crippen LogP contribution in [0.25, 0.3) is 0 Å². The molecule has 1 aromatic carbocycles. The van der Waals surface area contributed by atoms with Crippen LogP contribution in [0.4, 0.5) is 5.82 Å². The second kappa shape index (κ2) is 7.02. The molecule has 0 saturated carbocycles. The van der Waals surface area contributed by atoms with Crippen LogP contribution in [0, 0.1) is 6.92 Å². The van der Waals surface area contributed by atoms with Gasteiger partial charge in [-0.2, -0.15) is 5.10 Å². The molecule has 1 aliphatic rings. The summed E-state index contributed by atoms with van der Waals surface area (Å²) >= 11 is 0. The fourth-order valence-electron chi connectivity index (χ4n) is 3.02. The first-order valence-corrected chi connectivity index (χ1v) is 8.68. The van der Waals surface area contributed by atoms with Crippen LogP contribution in [0.15, 0.2) is 42.7 Å². The van der Waals surface area contributed by atoms with E-state index in [1.807, 2.05) is 37.3 Å². The van der Waals surface area contributed by atoms with Gasteiger partial charge in [-0.25, -0.2) is 14.3 Å². The number of anilines is 1. The minimum Gasteiger partial charge on any atom is -0.337 e. The maximum absolute atomic E-state index is 12.4. The van der Waals surface area contributed by atoms with Crippen molar-refractivity contribution < 1.29 is 9.59 Å². The fourth-order valence-corrected chi connectivity index (χ4v) is 3.02. The number of nitrogens with zero attached hydrogens (tertiary/aromatic N) is 5. The zero-order valence-corrected chi connectivity index (χ0v) is 14.8. The highest BCUT2D eigenvalue weighted by Gasteiger charge is 2.27. The van der Waals surface area contributed by atoms with Crippen LogP contribution in [0.3, 0.4) is 0 Å². The molecule has 0 bridgehead atoms. The molecule has 27 heavy (non-hydrogen) atoms. The van der Waals surface area contributed by atoms with Crippen LogP contribution in [-0.2, 0) is 17.9 Å². The molecule has 1 unspecified atom stereocenters. The zero-order chi connectivity index (χ0) is 18.8. The molecule has 2 N–H and O–H groups in total. The SMILES string of the molecule is Cc1cc2n(n1)CCC(NC(=O)c1ncn(Cc3ccccc3)n1)C(=O)N2. The fraction of sp³-hybridized carbons (Fsp3) is 0.278. The van der Waals surface area contributed by atoms with Gasteiger partial charge in [0.1, 0.15) is 18.2 Å². The number of rotatable bonds is 4. The Morgan fingerprint density at radius 1 is 1.30 bits per heavy atom. The molecule has 0 saturated heterocycles. The summed E-state index contributed by atoms with van der Waals surface area (Å²) in [6.07, 6.45) is 1.95. The van der Waals surface area contributed by atoms with E-state index in [0.29, 0.717) is 25.3 Å². The smallest absolute Gasteiger partial charge is 0.291 e. The summed E-state index contributed by atoms with van der Waals surface area (Å²) in [7, 11) is 0. The van der Waals surface area contributed by atoms with Gasteiger partial charge in [0.2, 0.25) is 11.7 Å². The minimum absolute atomic E-state index is 0.0385. The standard InChI is InChI=1S/C18H19N7O2/c1-12-9-15-21-17(26)14(7-8-25(15)22-12)20-18(27)16-19-11-24(23-16)10-13-5-3-2-4-6-13/h2-6,9,11,14H,7-8,10H2,1H3,(H,20,27)(H,21,26). The number of hydrogen-bond donors (Lipinski definition) is 2. The van der Waals surface area contributed by atoms with E-state index >= 15 is 0 Å². The van der Waals surface area contributed by atoms with E-state index in [4.69, 9.17) is 0 Å². The predicted octanol–water partition coefficient (Wildman–Crippen LogP) is 0.972. The first kappa shape index (κ1) is 17.0. The highest BCUT2D eigenvalue weighted by Crippen LogP contribution is 2.16. The summed E-state index contributed by atoms with van der Waals surface area (Å²) in [5.41, 5.74) is 1.89. The number of fused-ring (bicyclic) bond motifs is 1. The molecule has 1 atom stereocenters. The summed E-state index contributed by atoms with van der Waals surface area (Å²) in [4.78, 5) is 28.9. The van der Waals surface area contributed by atoms with E-state index in [9.17, 15) is 9.59 Å². The molecular weight excluding hydrogens is 346 g/mol. The molecule has 4 rings (SSSR count). The summed E-state index contributed by atoms with van der Waals surface area (Å²) in [6.45, 7) is 2.92. The van der Waals surface area contributed by atoms with E-state index in [1.54, 1.807) is 15.4 Å². The van der Waals surface area contributed by atoms with Crippen molar-refractivity contribution in [3.8, 4) is 0 Å². The lowest BCUT2D eigenvalue weighted by molar-refractivity contribution is -0.118. The van der Waals surface area contributed by atoms with Crippen LogP contribution in [0.1, 0.15) is 28.3 Å². The molecular formula is C18H19N7O2. The van der Waals surface area contributed by atoms with E-state index in [-0.39, 0.29) is 11.7 Å². The molecule has 0 spiro atoms. The van der Waals surface area contributed by atoms with E-state index in [2.05, 4.69) is 25.8 Å². The van der Waals surface area contributed by atoms with Gasteiger partial charge in [-0.1, -0.05) is 30.3 Å². The molecule has 9 nitrogen and oxygen atoms in total. The largest absolute Gasteiger partial charge is 0.337 e. The number of aromatic nitrogens is 5. The molecule has 0 radical (unpaired) electrons. The van der Waals surface area contributed by atoms with Crippen LogP contribution in [-0.4, -0.2) is 42.4 Å².